The molecule has 0 aromatic heterocycles. The number of Topliss-reactive ketones (excluding diaryl/α,β-unsaturated/α-hetero) is 1. The molecule has 1 aliphatic rings. The molecule has 0 saturated heterocycles. The first-order chi connectivity index (χ1) is 6.34. The van der Waals surface area contributed by atoms with Crippen molar-refractivity contribution in [3.8, 4) is 0 Å². The molecule has 0 bridgehead atoms. The van der Waals surface area contributed by atoms with Crippen molar-refractivity contribution in [1.82, 2.24) is 0 Å². The van der Waals surface area contributed by atoms with E-state index in [0.29, 0.717) is 5.78 Å². The summed E-state index contributed by atoms with van der Waals surface area (Å²) in [7, 11) is 0. The van der Waals surface area contributed by atoms with E-state index in [2.05, 4.69) is 18.4 Å². The van der Waals surface area contributed by atoms with E-state index < -0.39 is 0 Å². The van der Waals surface area contributed by atoms with Crippen molar-refractivity contribution in [2.45, 2.75) is 38.5 Å². The zero-order chi connectivity index (χ0) is 9.52. The highest BCUT2D eigenvalue weighted by atomic mass is 16.1. The third-order valence-corrected chi connectivity index (χ3v) is 2.30. The third kappa shape index (κ3) is 3.43. The molecule has 0 N–H and O–H groups in total. The van der Waals surface area contributed by atoms with Crippen molar-refractivity contribution >= 4 is 5.78 Å². The largest absolute Gasteiger partial charge is 0.295 e. The summed E-state index contributed by atoms with van der Waals surface area (Å²) < 4.78 is 0. The van der Waals surface area contributed by atoms with E-state index in [-0.39, 0.29) is 0 Å². The molecular weight excluding hydrogens is 160 g/mol. The Labute approximate surface area is 79.8 Å². The summed E-state index contributed by atoms with van der Waals surface area (Å²) in [5.74, 6) is 0.355. The van der Waals surface area contributed by atoms with Gasteiger partial charge in [-0.3, -0.25) is 4.79 Å². The molecule has 0 fully saturated rings. The van der Waals surface area contributed by atoms with Gasteiger partial charge in [0.1, 0.15) is 0 Å². The summed E-state index contributed by atoms with van der Waals surface area (Å²) in [6.45, 7) is 3.50. The van der Waals surface area contributed by atoms with E-state index in [0.717, 1.165) is 44.1 Å². The number of carbonyl (C=O) groups is 1. The minimum atomic E-state index is 0.355. The van der Waals surface area contributed by atoms with Gasteiger partial charge in [-0.05, 0) is 43.8 Å². The Bertz CT molecular complexity index is 254. The average molecular weight is 176 g/mol. The maximum atomic E-state index is 11.4. The Morgan fingerprint density at radius 3 is 3.15 bits per heavy atom. The van der Waals surface area contributed by atoms with Crippen molar-refractivity contribution in [1.29, 1.82) is 0 Å². The smallest absolute Gasteiger partial charge is 0.158 e. The number of hydrogen-bond acceptors (Lipinski definition) is 1. The van der Waals surface area contributed by atoms with Crippen LogP contribution in [0.2, 0.25) is 0 Å². The number of rotatable bonds is 4. The molecule has 0 atom stereocenters. The predicted molar refractivity (Wildman–Crippen MR) is 54.5 cm³/mol. The second kappa shape index (κ2) is 5.55. The summed E-state index contributed by atoms with van der Waals surface area (Å²) in [5.41, 5.74) is 3.78. The van der Waals surface area contributed by atoms with Crippen molar-refractivity contribution in [2.75, 3.05) is 0 Å². The van der Waals surface area contributed by atoms with Gasteiger partial charge < -0.3 is 0 Å². The van der Waals surface area contributed by atoms with Gasteiger partial charge >= 0.3 is 0 Å². The van der Waals surface area contributed by atoms with Crippen LogP contribution in [0, 0.1) is 0 Å². The van der Waals surface area contributed by atoms with E-state index in [4.69, 9.17) is 0 Å². The Hall–Kier alpha value is -1.07. The minimum Gasteiger partial charge on any atom is -0.295 e. The van der Waals surface area contributed by atoms with Gasteiger partial charge in [0, 0.05) is 6.42 Å². The molecule has 13 heavy (non-hydrogen) atoms. The van der Waals surface area contributed by atoms with Gasteiger partial charge in [0.05, 0.1) is 0 Å². The van der Waals surface area contributed by atoms with E-state index in [9.17, 15) is 4.79 Å². The minimum absolute atomic E-state index is 0.355. The monoisotopic (exact) mass is 176 g/mol. The summed E-state index contributed by atoms with van der Waals surface area (Å²) in [4.78, 5) is 11.4. The van der Waals surface area contributed by atoms with Crippen molar-refractivity contribution in [2.24, 2.45) is 0 Å². The van der Waals surface area contributed by atoms with Gasteiger partial charge in [-0.1, -0.05) is 12.7 Å². The predicted octanol–water partition coefficient (Wildman–Crippen LogP) is 3.18. The highest BCUT2D eigenvalue weighted by Gasteiger charge is 2.11. The molecule has 70 valence electrons. The van der Waals surface area contributed by atoms with Crippen LogP contribution >= 0.6 is 0 Å². The van der Waals surface area contributed by atoms with Crippen LogP contribution in [0.4, 0.5) is 0 Å². The standard InChI is InChI=1S/C12H16O/c1-2-3-4-5-8-11-9-6-7-10-12(11)13/h3,9H,1,4-8,10H2. The lowest BCUT2D eigenvalue weighted by molar-refractivity contribution is -0.116. The molecule has 0 radical (unpaired) electrons. The number of allylic oxidation sites excluding steroid dienone is 3. The van der Waals surface area contributed by atoms with E-state index in [1.807, 2.05) is 6.08 Å². The van der Waals surface area contributed by atoms with Crippen LogP contribution in [0.15, 0.2) is 30.0 Å². The molecular formula is C12H16O. The SMILES string of the molecule is C=C=CCCCC1=CCCCC1=O. The molecule has 0 amide bonds. The number of unbranched alkanes of at least 4 members (excludes halogenated alkanes) is 1. The molecule has 1 aliphatic carbocycles. The van der Waals surface area contributed by atoms with E-state index in [1.54, 1.807) is 0 Å². The first-order valence-corrected chi connectivity index (χ1v) is 4.91. The maximum Gasteiger partial charge on any atom is 0.158 e. The van der Waals surface area contributed by atoms with Crippen LogP contribution < -0.4 is 0 Å². The van der Waals surface area contributed by atoms with Crippen LogP contribution in [-0.2, 0) is 4.79 Å². The maximum absolute atomic E-state index is 11.4. The summed E-state index contributed by atoms with van der Waals surface area (Å²) >= 11 is 0. The van der Waals surface area contributed by atoms with Crippen LogP contribution in [0.5, 0.6) is 0 Å². The molecule has 0 spiro atoms. The summed E-state index contributed by atoms with van der Waals surface area (Å²) in [6, 6.07) is 0. The Morgan fingerprint density at radius 2 is 2.46 bits per heavy atom. The zero-order valence-corrected chi connectivity index (χ0v) is 8.01. The van der Waals surface area contributed by atoms with Crippen molar-refractivity contribution in [3.63, 3.8) is 0 Å². The molecule has 0 unspecified atom stereocenters. The van der Waals surface area contributed by atoms with Crippen LogP contribution in [0.1, 0.15) is 38.5 Å². The topological polar surface area (TPSA) is 17.1 Å². The average Bonchev–Trinajstić information content (AvgIpc) is 2.15. The molecule has 0 saturated carbocycles. The first-order valence-electron chi connectivity index (χ1n) is 4.91. The second-order valence-electron chi connectivity index (χ2n) is 3.35. The fourth-order valence-electron chi connectivity index (χ4n) is 1.55. The Morgan fingerprint density at radius 1 is 1.62 bits per heavy atom. The van der Waals surface area contributed by atoms with E-state index >= 15 is 0 Å². The van der Waals surface area contributed by atoms with Gasteiger partial charge in [-0.25, -0.2) is 0 Å². The van der Waals surface area contributed by atoms with Crippen LogP contribution in [0.25, 0.3) is 0 Å². The fourth-order valence-corrected chi connectivity index (χ4v) is 1.55. The van der Waals surface area contributed by atoms with Gasteiger partial charge in [-0.15, -0.1) is 5.73 Å². The quantitative estimate of drug-likeness (QED) is 0.475. The number of carbonyl (C=O) groups excluding carboxylic acids is 1. The Balaban J connectivity index is 2.30. The normalized spacial score (nSPS) is 16.3. The number of hydrogen-bond donors (Lipinski definition) is 0. The Kier molecular flexibility index (Phi) is 4.28. The van der Waals surface area contributed by atoms with Gasteiger partial charge in [0.15, 0.2) is 5.78 Å². The van der Waals surface area contributed by atoms with Crippen molar-refractivity contribution < 1.29 is 4.79 Å². The fraction of sp³-hybridized carbons (Fsp3) is 0.500. The third-order valence-electron chi connectivity index (χ3n) is 2.30. The molecule has 0 aromatic rings. The summed E-state index contributed by atoms with van der Waals surface area (Å²) in [6.07, 6.45) is 9.85. The molecule has 0 aliphatic heterocycles. The summed E-state index contributed by atoms with van der Waals surface area (Å²) in [5, 5.41) is 0. The second-order valence-corrected chi connectivity index (χ2v) is 3.35. The molecule has 0 heterocycles. The van der Waals surface area contributed by atoms with Gasteiger partial charge in [0.2, 0.25) is 0 Å². The van der Waals surface area contributed by atoms with Crippen LogP contribution in [-0.4, -0.2) is 5.78 Å². The lowest BCUT2D eigenvalue weighted by atomic mass is 9.94. The van der Waals surface area contributed by atoms with Crippen molar-refractivity contribution in [3.05, 3.63) is 30.0 Å². The highest BCUT2D eigenvalue weighted by Crippen LogP contribution is 2.18. The zero-order valence-electron chi connectivity index (χ0n) is 8.01. The molecule has 1 rings (SSSR count). The van der Waals surface area contributed by atoms with Crippen LogP contribution in [0.3, 0.4) is 0 Å². The molecule has 1 heteroatoms. The lowest BCUT2D eigenvalue weighted by Crippen LogP contribution is -2.06. The highest BCUT2D eigenvalue weighted by molar-refractivity contribution is 5.95. The lowest BCUT2D eigenvalue weighted by Gasteiger charge is -2.10. The van der Waals surface area contributed by atoms with Gasteiger partial charge in [-0.2, -0.15) is 0 Å². The van der Waals surface area contributed by atoms with E-state index in [1.165, 1.54) is 0 Å². The van der Waals surface area contributed by atoms with Gasteiger partial charge in [0.25, 0.3) is 0 Å². The molecule has 0 aromatic carbocycles. The first kappa shape index (κ1) is 10.0. The number of ketones is 1. The molecule has 1 nitrogen and oxygen atoms in total.